The second-order valence-corrected chi connectivity index (χ2v) is 4.45. The predicted octanol–water partition coefficient (Wildman–Crippen LogP) is 2.19. The number of hydrogen-bond donors (Lipinski definition) is 0. The molecule has 1 aromatic rings. The molecule has 64 valence electrons. The molecule has 1 aliphatic rings. The minimum absolute atomic E-state index is 0.606. The molecule has 0 aliphatic heterocycles. The standard InChI is InChI=1S/C9H11BrN2/c10-9(7-3-4-7)6-8-2-1-5-11-12-8/h1-2,5,7,9H,3-4,6H2. The molecule has 1 unspecified atom stereocenters. The number of hydrogen-bond acceptors (Lipinski definition) is 2. The number of alkyl halides is 1. The van der Waals surface area contributed by atoms with Gasteiger partial charge in [-0.25, -0.2) is 0 Å². The molecule has 1 fully saturated rings. The van der Waals surface area contributed by atoms with Crippen LogP contribution in [0.3, 0.4) is 0 Å². The molecule has 2 nitrogen and oxygen atoms in total. The van der Waals surface area contributed by atoms with Crippen LogP contribution in [0.2, 0.25) is 0 Å². The Morgan fingerprint density at radius 2 is 2.42 bits per heavy atom. The van der Waals surface area contributed by atoms with Crippen molar-refractivity contribution < 1.29 is 0 Å². The lowest BCUT2D eigenvalue weighted by atomic mass is 10.2. The Kier molecular flexibility index (Phi) is 2.40. The fourth-order valence-electron chi connectivity index (χ4n) is 1.27. The third-order valence-electron chi connectivity index (χ3n) is 2.17. The van der Waals surface area contributed by atoms with Crippen LogP contribution in [0.1, 0.15) is 18.5 Å². The summed E-state index contributed by atoms with van der Waals surface area (Å²) in [7, 11) is 0. The molecule has 0 saturated heterocycles. The van der Waals surface area contributed by atoms with Crippen molar-refractivity contribution in [1.82, 2.24) is 10.2 Å². The largest absolute Gasteiger partial charge is 0.159 e. The molecule has 1 heterocycles. The van der Waals surface area contributed by atoms with E-state index in [4.69, 9.17) is 0 Å². The Balaban J connectivity index is 1.94. The van der Waals surface area contributed by atoms with Gasteiger partial charge in [-0.3, -0.25) is 0 Å². The van der Waals surface area contributed by atoms with Crippen molar-refractivity contribution in [3.8, 4) is 0 Å². The molecule has 0 aromatic carbocycles. The van der Waals surface area contributed by atoms with Crippen LogP contribution < -0.4 is 0 Å². The van der Waals surface area contributed by atoms with Gasteiger partial charge in [-0.2, -0.15) is 10.2 Å². The quantitative estimate of drug-likeness (QED) is 0.739. The molecular weight excluding hydrogens is 216 g/mol. The third-order valence-corrected chi connectivity index (χ3v) is 3.24. The van der Waals surface area contributed by atoms with Crippen molar-refractivity contribution in [1.29, 1.82) is 0 Å². The number of rotatable bonds is 3. The fraction of sp³-hybridized carbons (Fsp3) is 0.556. The second-order valence-electron chi connectivity index (χ2n) is 3.27. The van der Waals surface area contributed by atoms with Crippen molar-refractivity contribution in [2.45, 2.75) is 24.1 Å². The molecule has 0 N–H and O–H groups in total. The van der Waals surface area contributed by atoms with E-state index in [0.717, 1.165) is 18.0 Å². The highest BCUT2D eigenvalue weighted by Gasteiger charge is 2.29. The maximum atomic E-state index is 4.05. The van der Waals surface area contributed by atoms with Crippen molar-refractivity contribution >= 4 is 15.9 Å². The van der Waals surface area contributed by atoms with Crippen molar-refractivity contribution in [3.05, 3.63) is 24.0 Å². The first-order valence-corrected chi connectivity index (χ1v) is 5.18. The maximum absolute atomic E-state index is 4.05. The molecule has 1 saturated carbocycles. The SMILES string of the molecule is BrC(Cc1cccnn1)C1CC1. The van der Waals surface area contributed by atoms with E-state index in [-0.39, 0.29) is 0 Å². The fourth-order valence-corrected chi connectivity index (χ4v) is 2.13. The Bertz CT molecular complexity index is 246. The summed E-state index contributed by atoms with van der Waals surface area (Å²) in [6.45, 7) is 0. The van der Waals surface area contributed by atoms with E-state index in [1.807, 2.05) is 12.1 Å². The Morgan fingerprint density at radius 1 is 1.58 bits per heavy atom. The maximum Gasteiger partial charge on any atom is 0.0642 e. The van der Waals surface area contributed by atoms with Crippen LogP contribution in [0.25, 0.3) is 0 Å². The Hall–Kier alpha value is -0.440. The van der Waals surface area contributed by atoms with Gasteiger partial charge in [-0.1, -0.05) is 15.9 Å². The topological polar surface area (TPSA) is 25.8 Å². The highest BCUT2D eigenvalue weighted by Crippen LogP contribution is 2.37. The predicted molar refractivity (Wildman–Crippen MR) is 51.2 cm³/mol. The highest BCUT2D eigenvalue weighted by atomic mass is 79.9. The lowest BCUT2D eigenvalue weighted by molar-refractivity contribution is 0.734. The third kappa shape index (κ3) is 2.03. The van der Waals surface area contributed by atoms with Crippen molar-refractivity contribution in [2.75, 3.05) is 0 Å². The van der Waals surface area contributed by atoms with E-state index in [1.165, 1.54) is 12.8 Å². The molecule has 2 rings (SSSR count). The van der Waals surface area contributed by atoms with Gasteiger partial charge in [0.15, 0.2) is 0 Å². The summed E-state index contributed by atoms with van der Waals surface area (Å²) in [6, 6.07) is 3.97. The van der Waals surface area contributed by atoms with Gasteiger partial charge in [0.05, 0.1) is 5.69 Å². The molecule has 1 aromatic heterocycles. The first-order chi connectivity index (χ1) is 5.86. The zero-order chi connectivity index (χ0) is 8.39. The summed E-state index contributed by atoms with van der Waals surface area (Å²) in [5.74, 6) is 0.881. The van der Waals surface area contributed by atoms with Crippen LogP contribution >= 0.6 is 15.9 Å². The number of halogens is 1. The molecule has 3 heteroatoms. The molecule has 0 radical (unpaired) electrons. The van der Waals surface area contributed by atoms with Gasteiger partial charge in [-0.05, 0) is 30.9 Å². The highest BCUT2D eigenvalue weighted by molar-refractivity contribution is 9.09. The minimum Gasteiger partial charge on any atom is -0.159 e. The summed E-state index contributed by atoms with van der Waals surface area (Å²) >= 11 is 3.67. The first kappa shape index (κ1) is 8.17. The molecule has 1 aliphatic carbocycles. The van der Waals surface area contributed by atoms with Crippen LogP contribution in [-0.4, -0.2) is 15.0 Å². The first-order valence-electron chi connectivity index (χ1n) is 4.27. The van der Waals surface area contributed by atoms with Crippen LogP contribution in [0.5, 0.6) is 0 Å². The van der Waals surface area contributed by atoms with Crippen molar-refractivity contribution in [3.63, 3.8) is 0 Å². The summed E-state index contributed by atoms with van der Waals surface area (Å²) < 4.78 is 0. The molecule has 0 spiro atoms. The summed E-state index contributed by atoms with van der Waals surface area (Å²) in [4.78, 5) is 0.606. The van der Waals surface area contributed by atoms with E-state index in [0.29, 0.717) is 4.83 Å². The van der Waals surface area contributed by atoms with Gasteiger partial charge in [0.1, 0.15) is 0 Å². The van der Waals surface area contributed by atoms with Crippen LogP contribution in [0.15, 0.2) is 18.3 Å². The molecule has 12 heavy (non-hydrogen) atoms. The van der Waals surface area contributed by atoms with Gasteiger partial charge < -0.3 is 0 Å². The summed E-state index contributed by atoms with van der Waals surface area (Å²) in [6.07, 6.45) is 5.47. The minimum atomic E-state index is 0.606. The summed E-state index contributed by atoms with van der Waals surface area (Å²) in [5, 5.41) is 7.90. The molecule has 0 bridgehead atoms. The van der Waals surface area contributed by atoms with Gasteiger partial charge in [0.2, 0.25) is 0 Å². The van der Waals surface area contributed by atoms with Crippen LogP contribution in [-0.2, 0) is 6.42 Å². The van der Waals surface area contributed by atoms with E-state index < -0.39 is 0 Å². The number of nitrogens with zero attached hydrogens (tertiary/aromatic N) is 2. The molecule has 1 atom stereocenters. The lowest BCUT2D eigenvalue weighted by Gasteiger charge is -2.05. The zero-order valence-corrected chi connectivity index (χ0v) is 8.37. The van der Waals surface area contributed by atoms with Crippen LogP contribution in [0.4, 0.5) is 0 Å². The lowest BCUT2D eigenvalue weighted by Crippen LogP contribution is -2.06. The average Bonchev–Trinajstić information content (AvgIpc) is 2.88. The smallest absolute Gasteiger partial charge is 0.0642 e. The second kappa shape index (κ2) is 3.52. The van der Waals surface area contributed by atoms with Gasteiger partial charge in [0, 0.05) is 17.4 Å². The number of aromatic nitrogens is 2. The van der Waals surface area contributed by atoms with E-state index in [9.17, 15) is 0 Å². The van der Waals surface area contributed by atoms with E-state index in [2.05, 4.69) is 26.1 Å². The zero-order valence-electron chi connectivity index (χ0n) is 6.78. The Morgan fingerprint density at radius 3 is 3.00 bits per heavy atom. The molecular formula is C9H11BrN2. The normalized spacial score (nSPS) is 19.1. The van der Waals surface area contributed by atoms with E-state index >= 15 is 0 Å². The van der Waals surface area contributed by atoms with Gasteiger partial charge in [-0.15, -0.1) is 0 Å². The van der Waals surface area contributed by atoms with E-state index in [1.54, 1.807) is 6.20 Å². The van der Waals surface area contributed by atoms with Crippen molar-refractivity contribution in [2.24, 2.45) is 5.92 Å². The van der Waals surface area contributed by atoms with Crippen LogP contribution in [0, 0.1) is 5.92 Å². The average molecular weight is 227 g/mol. The van der Waals surface area contributed by atoms with Gasteiger partial charge in [0.25, 0.3) is 0 Å². The summed E-state index contributed by atoms with van der Waals surface area (Å²) in [5.41, 5.74) is 1.09. The molecule has 0 amide bonds. The Labute approximate surface area is 80.5 Å². The van der Waals surface area contributed by atoms with Gasteiger partial charge >= 0.3 is 0 Å². The monoisotopic (exact) mass is 226 g/mol.